The van der Waals surface area contributed by atoms with Crippen molar-refractivity contribution < 1.29 is 5.11 Å². The van der Waals surface area contributed by atoms with Crippen LogP contribution >= 0.6 is 12.2 Å². The molecule has 2 N–H and O–H groups in total. The number of benzene rings is 1. The molecule has 1 aromatic carbocycles. The van der Waals surface area contributed by atoms with Gasteiger partial charge in [0.2, 0.25) is 0 Å². The standard InChI is InChI=1S/C10H14N2OS/c1-3-11-10(14)12(2)8-4-6-9(13)7-5-8/h4-7,13H,3H2,1-2H3,(H,11,14). The van der Waals surface area contributed by atoms with Gasteiger partial charge in [0.1, 0.15) is 5.75 Å². The van der Waals surface area contributed by atoms with E-state index in [2.05, 4.69) is 5.32 Å². The van der Waals surface area contributed by atoms with Crippen molar-refractivity contribution in [3.8, 4) is 5.75 Å². The van der Waals surface area contributed by atoms with E-state index >= 15 is 0 Å². The third-order valence-electron chi connectivity index (χ3n) is 1.87. The molecule has 0 radical (unpaired) electrons. The molecule has 0 bridgehead atoms. The molecule has 0 fully saturated rings. The first-order valence-electron chi connectivity index (χ1n) is 4.45. The van der Waals surface area contributed by atoms with Gasteiger partial charge in [-0.15, -0.1) is 0 Å². The predicted molar refractivity (Wildman–Crippen MR) is 62.8 cm³/mol. The van der Waals surface area contributed by atoms with Gasteiger partial charge in [-0.1, -0.05) is 0 Å². The molecule has 0 saturated carbocycles. The maximum Gasteiger partial charge on any atom is 0.173 e. The first-order valence-corrected chi connectivity index (χ1v) is 4.86. The number of phenols is 1. The van der Waals surface area contributed by atoms with E-state index in [1.165, 1.54) is 0 Å². The molecule has 0 saturated heterocycles. The maximum atomic E-state index is 9.11. The average Bonchev–Trinajstić information content (AvgIpc) is 2.18. The lowest BCUT2D eigenvalue weighted by atomic mass is 10.3. The molecule has 0 unspecified atom stereocenters. The van der Waals surface area contributed by atoms with Crippen LogP contribution in [0.15, 0.2) is 24.3 Å². The van der Waals surface area contributed by atoms with E-state index in [1.54, 1.807) is 12.1 Å². The lowest BCUT2D eigenvalue weighted by Gasteiger charge is -2.20. The molecule has 0 spiro atoms. The molecular formula is C10H14N2OS. The second-order valence-corrected chi connectivity index (χ2v) is 3.30. The number of phenolic OH excluding ortho intramolecular Hbond substituents is 1. The van der Waals surface area contributed by atoms with Crippen LogP contribution in [0.2, 0.25) is 0 Å². The highest BCUT2D eigenvalue weighted by Crippen LogP contribution is 2.16. The second kappa shape index (κ2) is 4.81. The van der Waals surface area contributed by atoms with E-state index in [9.17, 15) is 0 Å². The summed E-state index contributed by atoms with van der Waals surface area (Å²) < 4.78 is 0. The molecule has 4 heteroatoms. The van der Waals surface area contributed by atoms with Crippen LogP contribution in [0.3, 0.4) is 0 Å². The molecule has 0 aliphatic heterocycles. The van der Waals surface area contributed by atoms with Gasteiger partial charge < -0.3 is 15.3 Å². The topological polar surface area (TPSA) is 35.5 Å². The van der Waals surface area contributed by atoms with Crippen LogP contribution in [0.25, 0.3) is 0 Å². The zero-order chi connectivity index (χ0) is 10.6. The predicted octanol–water partition coefficient (Wildman–Crippen LogP) is 1.72. The Hall–Kier alpha value is -1.29. The fourth-order valence-corrected chi connectivity index (χ4v) is 1.31. The molecule has 0 aliphatic carbocycles. The number of hydrogen-bond donors (Lipinski definition) is 2. The second-order valence-electron chi connectivity index (χ2n) is 2.91. The van der Waals surface area contributed by atoms with Crippen LogP contribution < -0.4 is 10.2 Å². The molecule has 3 nitrogen and oxygen atoms in total. The van der Waals surface area contributed by atoms with Gasteiger partial charge in [-0.25, -0.2) is 0 Å². The minimum atomic E-state index is 0.261. The van der Waals surface area contributed by atoms with Gasteiger partial charge in [0, 0.05) is 19.3 Å². The molecule has 0 atom stereocenters. The van der Waals surface area contributed by atoms with Crippen LogP contribution in [-0.2, 0) is 0 Å². The Kier molecular flexibility index (Phi) is 3.71. The minimum Gasteiger partial charge on any atom is -0.508 e. The zero-order valence-electron chi connectivity index (χ0n) is 8.32. The van der Waals surface area contributed by atoms with Crippen LogP contribution in [0, 0.1) is 0 Å². The Morgan fingerprint density at radius 2 is 2.00 bits per heavy atom. The number of rotatable bonds is 2. The van der Waals surface area contributed by atoms with Crippen molar-refractivity contribution in [1.29, 1.82) is 0 Å². The molecule has 1 rings (SSSR count). The van der Waals surface area contributed by atoms with Crippen LogP contribution in [0.5, 0.6) is 5.75 Å². The van der Waals surface area contributed by atoms with E-state index in [1.807, 2.05) is 31.0 Å². The fraction of sp³-hybridized carbons (Fsp3) is 0.300. The highest BCUT2D eigenvalue weighted by Gasteiger charge is 2.04. The third-order valence-corrected chi connectivity index (χ3v) is 2.29. The summed E-state index contributed by atoms with van der Waals surface area (Å²) in [7, 11) is 1.89. The van der Waals surface area contributed by atoms with Crippen molar-refractivity contribution in [3.63, 3.8) is 0 Å². The lowest BCUT2D eigenvalue weighted by molar-refractivity contribution is 0.475. The van der Waals surface area contributed by atoms with Gasteiger partial charge in [-0.3, -0.25) is 0 Å². The summed E-state index contributed by atoms with van der Waals surface area (Å²) in [5.41, 5.74) is 0.953. The van der Waals surface area contributed by atoms with Gasteiger partial charge in [-0.05, 0) is 43.4 Å². The van der Waals surface area contributed by atoms with Gasteiger partial charge in [-0.2, -0.15) is 0 Å². The summed E-state index contributed by atoms with van der Waals surface area (Å²) in [6, 6.07) is 6.92. The number of hydrogen-bond acceptors (Lipinski definition) is 2. The monoisotopic (exact) mass is 210 g/mol. The van der Waals surface area contributed by atoms with Crippen molar-refractivity contribution in [3.05, 3.63) is 24.3 Å². The Labute approximate surface area is 89.4 Å². The Balaban J connectivity index is 2.73. The Morgan fingerprint density at radius 3 is 2.50 bits per heavy atom. The smallest absolute Gasteiger partial charge is 0.173 e. The fourth-order valence-electron chi connectivity index (χ4n) is 1.06. The minimum absolute atomic E-state index is 0.261. The summed E-state index contributed by atoms with van der Waals surface area (Å²) in [5, 5.41) is 12.8. The van der Waals surface area contributed by atoms with Crippen LogP contribution in [-0.4, -0.2) is 23.8 Å². The van der Waals surface area contributed by atoms with E-state index in [0.717, 1.165) is 12.2 Å². The molecule has 0 aliphatic rings. The molecular weight excluding hydrogens is 196 g/mol. The summed E-state index contributed by atoms with van der Waals surface area (Å²) >= 11 is 5.14. The summed E-state index contributed by atoms with van der Waals surface area (Å²) in [5.74, 6) is 0.261. The lowest BCUT2D eigenvalue weighted by Crippen LogP contribution is -2.36. The van der Waals surface area contributed by atoms with Gasteiger partial charge >= 0.3 is 0 Å². The summed E-state index contributed by atoms with van der Waals surface area (Å²) in [6.45, 7) is 2.80. The van der Waals surface area contributed by atoms with Crippen LogP contribution in [0.4, 0.5) is 5.69 Å². The van der Waals surface area contributed by atoms with Crippen molar-refractivity contribution >= 4 is 23.0 Å². The van der Waals surface area contributed by atoms with E-state index in [0.29, 0.717) is 5.11 Å². The summed E-state index contributed by atoms with van der Waals surface area (Å²) in [4.78, 5) is 1.86. The number of thiocarbonyl (C=S) groups is 1. The molecule has 0 aromatic heterocycles. The zero-order valence-corrected chi connectivity index (χ0v) is 9.14. The van der Waals surface area contributed by atoms with E-state index in [4.69, 9.17) is 17.3 Å². The number of aromatic hydroxyl groups is 1. The third kappa shape index (κ3) is 2.60. The average molecular weight is 210 g/mol. The number of anilines is 1. The molecule has 14 heavy (non-hydrogen) atoms. The number of nitrogens with one attached hydrogen (secondary N) is 1. The Morgan fingerprint density at radius 1 is 1.43 bits per heavy atom. The first kappa shape index (κ1) is 10.8. The largest absolute Gasteiger partial charge is 0.508 e. The molecule has 76 valence electrons. The van der Waals surface area contributed by atoms with Crippen molar-refractivity contribution in [2.75, 3.05) is 18.5 Å². The highest BCUT2D eigenvalue weighted by atomic mass is 32.1. The maximum absolute atomic E-state index is 9.11. The van der Waals surface area contributed by atoms with Gasteiger partial charge in [0.25, 0.3) is 0 Å². The molecule has 1 aromatic rings. The van der Waals surface area contributed by atoms with Crippen molar-refractivity contribution in [2.24, 2.45) is 0 Å². The normalized spacial score (nSPS) is 9.57. The van der Waals surface area contributed by atoms with Gasteiger partial charge in [0.05, 0.1) is 0 Å². The SMILES string of the molecule is CCNC(=S)N(C)c1ccc(O)cc1. The first-order chi connectivity index (χ1) is 6.65. The van der Waals surface area contributed by atoms with Crippen molar-refractivity contribution in [2.45, 2.75) is 6.92 Å². The van der Waals surface area contributed by atoms with Gasteiger partial charge in [0.15, 0.2) is 5.11 Å². The highest BCUT2D eigenvalue weighted by molar-refractivity contribution is 7.80. The van der Waals surface area contributed by atoms with Crippen molar-refractivity contribution in [1.82, 2.24) is 5.32 Å². The Bertz CT molecular complexity index is 310. The van der Waals surface area contributed by atoms with Crippen LogP contribution in [0.1, 0.15) is 6.92 Å². The van der Waals surface area contributed by atoms with E-state index in [-0.39, 0.29) is 5.75 Å². The number of nitrogens with zero attached hydrogens (tertiary/aromatic N) is 1. The molecule has 0 heterocycles. The quantitative estimate of drug-likeness (QED) is 0.729. The summed E-state index contributed by atoms with van der Waals surface area (Å²) in [6.07, 6.45) is 0. The molecule has 0 amide bonds. The van der Waals surface area contributed by atoms with E-state index < -0.39 is 0 Å².